The summed E-state index contributed by atoms with van der Waals surface area (Å²) < 4.78 is 28.5. The summed E-state index contributed by atoms with van der Waals surface area (Å²) in [6, 6.07) is 0. The van der Waals surface area contributed by atoms with E-state index in [1.165, 1.54) is 0 Å². The maximum atomic E-state index is 10.4. The van der Waals surface area contributed by atoms with E-state index >= 15 is 0 Å². The van der Waals surface area contributed by atoms with Gasteiger partial charge in [0.15, 0.2) is 5.75 Å². The molecule has 8 heteroatoms. The van der Waals surface area contributed by atoms with Crippen LogP contribution in [0.1, 0.15) is 0 Å². The fourth-order valence-corrected chi connectivity index (χ4v) is 1.18. The maximum Gasteiger partial charge on any atom is 0.727 e. The third kappa shape index (κ3) is 1.69. The van der Waals surface area contributed by atoms with Crippen molar-refractivity contribution in [1.29, 1.82) is 0 Å². The summed E-state index contributed by atoms with van der Waals surface area (Å²) in [5.74, 6) is -1.86. The lowest BCUT2D eigenvalue weighted by molar-refractivity contribution is -0.134. The average molecular weight is 166 g/mol. The molecule has 1 saturated heterocycles. The first-order valence-corrected chi connectivity index (χ1v) is 3.86. The van der Waals surface area contributed by atoms with Crippen molar-refractivity contribution in [2.45, 2.75) is 0 Å². The number of carbonyl (C=O) groups is 1. The highest BCUT2D eigenvalue weighted by Gasteiger charge is 2.37. The summed E-state index contributed by atoms with van der Waals surface area (Å²) in [7, 11) is -5.89. The summed E-state index contributed by atoms with van der Waals surface area (Å²) >= 11 is 0. The van der Waals surface area contributed by atoms with E-state index in [4.69, 9.17) is 5.02 Å². The highest BCUT2D eigenvalue weighted by atomic mass is 32.2. The van der Waals surface area contributed by atoms with E-state index in [9.17, 15) is 13.2 Å². The van der Waals surface area contributed by atoms with Crippen LogP contribution in [0.5, 0.6) is 0 Å². The van der Waals surface area contributed by atoms with Gasteiger partial charge in [-0.1, -0.05) is 0 Å². The first kappa shape index (κ1) is 7.51. The molecule has 1 rings (SSSR count). The van der Waals surface area contributed by atoms with Crippen LogP contribution in [-0.2, 0) is 23.7 Å². The summed E-state index contributed by atoms with van der Waals surface area (Å²) in [4.78, 5) is 10.2. The van der Waals surface area contributed by atoms with Crippen LogP contribution in [0.25, 0.3) is 0 Å². The Morgan fingerprint density at radius 2 is 2.20 bits per heavy atom. The third-order valence-electron chi connectivity index (χ3n) is 0.756. The Morgan fingerprint density at radius 3 is 2.60 bits per heavy atom. The Hall–Kier alpha value is -0.595. The van der Waals surface area contributed by atoms with E-state index in [1.54, 1.807) is 0 Å². The van der Waals surface area contributed by atoms with Gasteiger partial charge in [0.05, 0.1) is 0 Å². The lowest BCUT2D eigenvalue weighted by Crippen LogP contribution is -2.39. The minimum absolute atomic E-state index is 0.843. The highest BCUT2D eigenvalue weighted by Crippen LogP contribution is 2.04. The van der Waals surface area contributed by atoms with Crippen molar-refractivity contribution in [3.05, 3.63) is 0 Å². The first-order valence-electron chi connectivity index (χ1n) is 2.28. The second-order valence-corrected chi connectivity index (χ2v) is 3.19. The van der Waals surface area contributed by atoms with Gasteiger partial charge in [0.2, 0.25) is 0 Å². The van der Waals surface area contributed by atoms with Gasteiger partial charge >= 0.3 is 13.3 Å². The van der Waals surface area contributed by atoms with Gasteiger partial charge in [-0.15, -0.1) is 0 Å². The van der Waals surface area contributed by atoms with Crippen LogP contribution in [0.2, 0.25) is 0 Å². The SMILES string of the molecule is O=C1CS(=O)(=O)OB(O)O1. The van der Waals surface area contributed by atoms with Crippen LogP contribution in [-0.4, -0.2) is 32.5 Å². The molecule has 10 heavy (non-hydrogen) atoms. The summed E-state index contributed by atoms with van der Waals surface area (Å²) in [6.07, 6.45) is 0. The molecule has 1 aliphatic rings. The molecule has 0 bridgehead atoms. The summed E-state index contributed by atoms with van der Waals surface area (Å²) in [6.45, 7) is 0. The molecule has 0 aliphatic carbocycles. The largest absolute Gasteiger partial charge is 0.727 e. The van der Waals surface area contributed by atoms with E-state index < -0.39 is 29.2 Å². The van der Waals surface area contributed by atoms with Gasteiger partial charge < -0.3 is 9.68 Å². The molecule has 0 saturated carbocycles. The van der Waals surface area contributed by atoms with Crippen LogP contribution in [0.4, 0.5) is 0 Å². The maximum absolute atomic E-state index is 10.4. The molecule has 1 N–H and O–H groups in total. The number of carbonyl (C=O) groups excluding carboxylic acids is 1. The van der Waals surface area contributed by atoms with Gasteiger partial charge in [-0.05, 0) is 0 Å². The van der Waals surface area contributed by atoms with E-state index in [2.05, 4.69) is 8.75 Å². The Kier molecular flexibility index (Phi) is 1.67. The molecule has 1 heterocycles. The van der Waals surface area contributed by atoms with Crippen molar-refractivity contribution in [2.75, 3.05) is 5.75 Å². The van der Waals surface area contributed by atoms with Crippen molar-refractivity contribution in [3.8, 4) is 0 Å². The predicted octanol–water partition coefficient (Wildman–Crippen LogP) is -2.13. The first-order chi connectivity index (χ1) is 4.49. The Balaban J connectivity index is 2.79. The van der Waals surface area contributed by atoms with Crippen molar-refractivity contribution < 1.29 is 27.0 Å². The lowest BCUT2D eigenvalue weighted by Gasteiger charge is -2.13. The van der Waals surface area contributed by atoms with Crippen LogP contribution in [0.3, 0.4) is 0 Å². The van der Waals surface area contributed by atoms with Gasteiger partial charge in [0, 0.05) is 0 Å². The molecule has 0 amide bonds. The fourth-order valence-electron chi connectivity index (χ4n) is 0.470. The van der Waals surface area contributed by atoms with Gasteiger partial charge in [-0.2, -0.15) is 8.42 Å². The Morgan fingerprint density at radius 1 is 1.60 bits per heavy atom. The molecule has 0 aromatic heterocycles. The van der Waals surface area contributed by atoms with Gasteiger partial charge in [0.1, 0.15) is 0 Å². The quantitative estimate of drug-likeness (QED) is 0.413. The number of hydrogen-bond acceptors (Lipinski definition) is 6. The van der Waals surface area contributed by atoms with Crippen LogP contribution in [0.15, 0.2) is 0 Å². The fraction of sp³-hybridized carbons (Fsp3) is 0.500. The molecule has 6 nitrogen and oxygen atoms in total. The zero-order valence-corrected chi connectivity index (χ0v) is 5.50. The molecule has 0 aromatic rings. The minimum Gasteiger partial charge on any atom is -0.484 e. The molecule has 0 aromatic carbocycles. The highest BCUT2D eigenvalue weighted by molar-refractivity contribution is 7.88. The van der Waals surface area contributed by atoms with Crippen molar-refractivity contribution >= 4 is 23.4 Å². The second-order valence-electron chi connectivity index (χ2n) is 1.60. The lowest BCUT2D eigenvalue weighted by atomic mass is 10.3. The van der Waals surface area contributed by atoms with Gasteiger partial charge in [-0.25, -0.2) is 0 Å². The molecule has 0 radical (unpaired) electrons. The smallest absolute Gasteiger partial charge is 0.484 e. The summed E-state index contributed by atoms with van der Waals surface area (Å²) in [5, 5.41) is 8.37. The second kappa shape index (κ2) is 2.22. The Labute approximate surface area is 57.0 Å². The van der Waals surface area contributed by atoms with E-state index in [0.717, 1.165) is 0 Å². The molecule has 56 valence electrons. The predicted molar refractivity (Wildman–Crippen MR) is 28.9 cm³/mol. The number of hydrogen-bond donors (Lipinski definition) is 1. The van der Waals surface area contributed by atoms with E-state index in [0.29, 0.717) is 0 Å². The monoisotopic (exact) mass is 166 g/mol. The molecule has 0 unspecified atom stereocenters. The Bertz CT molecular complexity index is 242. The normalized spacial score (nSPS) is 24.1. The van der Waals surface area contributed by atoms with E-state index in [-0.39, 0.29) is 0 Å². The summed E-state index contributed by atoms with van der Waals surface area (Å²) in [5.41, 5.74) is 0. The average Bonchev–Trinajstić information content (AvgIpc) is 1.54. The molecule has 0 spiro atoms. The zero-order valence-electron chi connectivity index (χ0n) is 4.68. The van der Waals surface area contributed by atoms with Crippen LogP contribution >= 0.6 is 0 Å². The molecule has 1 aliphatic heterocycles. The topological polar surface area (TPSA) is 89.9 Å². The zero-order chi connectivity index (χ0) is 7.78. The minimum atomic E-state index is -3.91. The van der Waals surface area contributed by atoms with Gasteiger partial charge in [-0.3, -0.25) is 8.90 Å². The molecule has 0 atom stereocenters. The van der Waals surface area contributed by atoms with Crippen LogP contribution < -0.4 is 0 Å². The van der Waals surface area contributed by atoms with E-state index in [1.807, 2.05) is 0 Å². The standard InChI is InChI=1S/C2H3BO6S/c4-2-1-10(6,7)9-3(5)8-2/h5H,1H2. The van der Waals surface area contributed by atoms with Crippen LogP contribution in [0, 0.1) is 0 Å². The van der Waals surface area contributed by atoms with Crippen molar-refractivity contribution in [1.82, 2.24) is 0 Å². The molecular weight excluding hydrogens is 163 g/mol. The number of rotatable bonds is 0. The van der Waals surface area contributed by atoms with Crippen molar-refractivity contribution in [2.24, 2.45) is 0 Å². The molecule has 1 fully saturated rings. The molecular formula is C2H3BO6S. The van der Waals surface area contributed by atoms with Crippen molar-refractivity contribution in [3.63, 3.8) is 0 Å². The third-order valence-corrected chi connectivity index (χ3v) is 1.80. The van der Waals surface area contributed by atoms with Gasteiger partial charge in [0.25, 0.3) is 10.1 Å².